The van der Waals surface area contributed by atoms with Crippen molar-refractivity contribution in [2.75, 3.05) is 19.6 Å². The molecule has 1 saturated heterocycles. The second-order valence-electron chi connectivity index (χ2n) is 6.43. The number of thiophene rings is 1. The zero-order valence-electron chi connectivity index (χ0n) is 13.9. The summed E-state index contributed by atoms with van der Waals surface area (Å²) in [7, 11) is 0. The monoisotopic (exact) mass is 343 g/mol. The molecule has 0 radical (unpaired) electrons. The molecule has 4 nitrogen and oxygen atoms in total. The Morgan fingerprint density at radius 3 is 2.88 bits per heavy atom. The smallest absolute Gasteiger partial charge is 0.224 e. The van der Waals surface area contributed by atoms with E-state index >= 15 is 0 Å². The first-order chi connectivity index (χ1) is 11.7. The van der Waals surface area contributed by atoms with Crippen LogP contribution in [0.15, 0.2) is 47.2 Å². The van der Waals surface area contributed by atoms with Crippen LogP contribution in [0.4, 0.5) is 0 Å². The Bertz CT molecular complexity index is 629. The van der Waals surface area contributed by atoms with Crippen molar-refractivity contribution in [3.63, 3.8) is 0 Å². The number of hydrogen-bond acceptors (Lipinski definition) is 4. The Kier molecular flexibility index (Phi) is 6.01. The fraction of sp³-hybridized carbons (Fsp3) is 0.421. The van der Waals surface area contributed by atoms with Gasteiger partial charge < -0.3 is 16.0 Å². The number of benzene rings is 1. The van der Waals surface area contributed by atoms with E-state index in [-0.39, 0.29) is 18.0 Å². The van der Waals surface area contributed by atoms with Crippen LogP contribution in [-0.4, -0.2) is 42.5 Å². The van der Waals surface area contributed by atoms with Gasteiger partial charge in [-0.2, -0.15) is 11.3 Å². The van der Waals surface area contributed by atoms with Crippen molar-refractivity contribution in [3.8, 4) is 0 Å². The number of nitrogens with two attached hydrogens (primary N) is 1. The number of piperazine rings is 1. The molecular formula is C19H25N3OS. The quantitative estimate of drug-likeness (QED) is 0.844. The summed E-state index contributed by atoms with van der Waals surface area (Å²) >= 11 is 1.67. The standard InChI is InChI=1S/C19H25N3OS/c20-17(10-16-6-9-24-14-16)12-19(23)22-8-7-21-13-18(22)11-15-4-2-1-3-5-15/h1-6,9,14,17-18,21H,7-8,10-13,20H2/t17-,18-/m1/s1. The summed E-state index contributed by atoms with van der Waals surface area (Å²) in [6.07, 6.45) is 2.07. The maximum atomic E-state index is 12.8. The SMILES string of the molecule is N[C@@H](CC(=O)N1CCNC[C@H]1Cc1ccccc1)Cc1ccsc1. The molecule has 1 amide bonds. The lowest BCUT2D eigenvalue weighted by molar-refractivity contribution is -0.134. The lowest BCUT2D eigenvalue weighted by Crippen LogP contribution is -2.55. The van der Waals surface area contributed by atoms with E-state index in [1.165, 1.54) is 11.1 Å². The second-order valence-corrected chi connectivity index (χ2v) is 7.21. The van der Waals surface area contributed by atoms with Crippen molar-refractivity contribution in [2.24, 2.45) is 5.73 Å². The van der Waals surface area contributed by atoms with Crippen LogP contribution < -0.4 is 11.1 Å². The van der Waals surface area contributed by atoms with Gasteiger partial charge in [-0.05, 0) is 40.8 Å². The highest BCUT2D eigenvalue weighted by Crippen LogP contribution is 2.15. The van der Waals surface area contributed by atoms with Crippen LogP contribution >= 0.6 is 11.3 Å². The minimum absolute atomic E-state index is 0.112. The van der Waals surface area contributed by atoms with Crippen molar-refractivity contribution >= 4 is 17.2 Å². The second kappa shape index (κ2) is 8.42. The van der Waals surface area contributed by atoms with Gasteiger partial charge >= 0.3 is 0 Å². The average Bonchev–Trinajstić information content (AvgIpc) is 3.09. The van der Waals surface area contributed by atoms with E-state index in [9.17, 15) is 4.79 Å². The summed E-state index contributed by atoms with van der Waals surface area (Å²) < 4.78 is 0. The molecule has 0 bridgehead atoms. The number of carbonyl (C=O) groups excluding carboxylic acids is 1. The van der Waals surface area contributed by atoms with Crippen LogP contribution in [-0.2, 0) is 17.6 Å². The topological polar surface area (TPSA) is 58.4 Å². The zero-order chi connectivity index (χ0) is 16.8. The number of nitrogens with one attached hydrogen (secondary N) is 1. The van der Waals surface area contributed by atoms with Crippen LogP contribution in [0.1, 0.15) is 17.5 Å². The van der Waals surface area contributed by atoms with E-state index < -0.39 is 0 Å². The Labute approximate surface area is 147 Å². The van der Waals surface area contributed by atoms with Gasteiger partial charge in [0.25, 0.3) is 0 Å². The number of nitrogens with zero attached hydrogens (tertiary/aromatic N) is 1. The number of amides is 1. The third kappa shape index (κ3) is 4.66. The van der Waals surface area contributed by atoms with Gasteiger partial charge in [-0.1, -0.05) is 30.3 Å². The molecule has 2 aromatic rings. The van der Waals surface area contributed by atoms with E-state index in [4.69, 9.17) is 5.73 Å². The highest BCUT2D eigenvalue weighted by atomic mass is 32.1. The van der Waals surface area contributed by atoms with Crippen molar-refractivity contribution in [1.82, 2.24) is 10.2 Å². The molecule has 1 aromatic carbocycles. The molecule has 0 spiro atoms. The fourth-order valence-corrected chi connectivity index (χ4v) is 3.96. The third-order valence-electron chi connectivity index (χ3n) is 4.50. The van der Waals surface area contributed by atoms with Gasteiger partial charge in [0.15, 0.2) is 0 Å². The molecular weight excluding hydrogens is 318 g/mol. The highest BCUT2D eigenvalue weighted by Gasteiger charge is 2.27. The molecule has 0 saturated carbocycles. The summed E-state index contributed by atoms with van der Waals surface area (Å²) in [4.78, 5) is 14.8. The zero-order valence-corrected chi connectivity index (χ0v) is 14.7. The van der Waals surface area contributed by atoms with Gasteiger partial charge in [0.05, 0.1) is 0 Å². The molecule has 1 fully saturated rings. The fourth-order valence-electron chi connectivity index (χ4n) is 3.28. The number of carbonyl (C=O) groups is 1. The maximum Gasteiger partial charge on any atom is 0.224 e. The average molecular weight is 343 g/mol. The summed E-state index contributed by atoms with van der Waals surface area (Å²) in [5.74, 6) is 0.181. The summed E-state index contributed by atoms with van der Waals surface area (Å²) in [5.41, 5.74) is 8.71. The Hall–Kier alpha value is -1.69. The molecule has 3 N–H and O–H groups in total. The van der Waals surface area contributed by atoms with Crippen LogP contribution in [0, 0.1) is 0 Å². The van der Waals surface area contributed by atoms with Gasteiger partial charge in [-0.15, -0.1) is 0 Å². The van der Waals surface area contributed by atoms with Crippen LogP contribution in [0.3, 0.4) is 0 Å². The number of hydrogen-bond donors (Lipinski definition) is 2. The van der Waals surface area contributed by atoms with Crippen molar-refractivity contribution in [1.29, 1.82) is 0 Å². The van der Waals surface area contributed by atoms with Crippen LogP contribution in [0.25, 0.3) is 0 Å². The van der Waals surface area contributed by atoms with E-state index in [1.54, 1.807) is 11.3 Å². The molecule has 5 heteroatoms. The first-order valence-corrected chi connectivity index (χ1v) is 9.47. The van der Waals surface area contributed by atoms with Gasteiger partial charge in [0.1, 0.15) is 0 Å². The summed E-state index contributed by atoms with van der Waals surface area (Å²) in [5, 5.41) is 7.56. The Morgan fingerprint density at radius 2 is 2.12 bits per heavy atom. The lowest BCUT2D eigenvalue weighted by Gasteiger charge is -2.37. The van der Waals surface area contributed by atoms with E-state index in [0.29, 0.717) is 6.42 Å². The maximum absolute atomic E-state index is 12.8. The highest BCUT2D eigenvalue weighted by molar-refractivity contribution is 7.07. The molecule has 128 valence electrons. The lowest BCUT2D eigenvalue weighted by atomic mass is 10.0. The van der Waals surface area contributed by atoms with Crippen molar-refractivity contribution in [2.45, 2.75) is 31.3 Å². The predicted octanol–water partition coefficient (Wildman–Crippen LogP) is 2.05. The molecule has 2 atom stereocenters. The molecule has 1 aliphatic heterocycles. The normalized spacial score (nSPS) is 19.2. The van der Waals surface area contributed by atoms with E-state index in [1.807, 2.05) is 11.0 Å². The van der Waals surface area contributed by atoms with Crippen LogP contribution in [0.5, 0.6) is 0 Å². The Balaban J connectivity index is 1.58. The minimum atomic E-state index is -0.112. The summed E-state index contributed by atoms with van der Waals surface area (Å²) in [6, 6.07) is 12.6. The van der Waals surface area contributed by atoms with E-state index in [0.717, 1.165) is 32.5 Å². The first-order valence-electron chi connectivity index (χ1n) is 8.53. The van der Waals surface area contributed by atoms with Gasteiger partial charge in [0, 0.05) is 38.1 Å². The van der Waals surface area contributed by atoms with Gasteiger partial charge in [-0.25, -0.2) is 0 Å². The Morgan fingerprint density at radius 1 is 1.29 bits per heavy atom. The minimum Gasteiger partial charge on any atom is -0.337 e. The van der Waals surface area contributed by atoms with Gasteiger partial charge in [-0.3, -0.25) is 4.79 Å². The molecule has 24 heavy (non-hydrogen) atoms. The molecule has 0 aliphatic carbocycles. The molecule has 1 aliphatic rings. The van der Waals surface area contributed by atoms with E-state index in [2.05, 4.69) is 46.4 Å². The summed E-state index contributed by atoms with van der Waals surface area (Å²) in [6.45, 7) is 2.47. The number of rotatable bonds is 6. The van der Waals surface area contributed by atoms with Crippen molar-refractivity contribution < 1.29 is 4.79 Å². The molecule has 2 heterocycles. The van der Waals surface area contributed by atoms with Gasteiger partial charge in [0.2, 0.25) is 5.91 Å². The molecule has 1 aromatic heterocycles. The molecule has 0 unspecified atom stereocenters. The first kappa shape index (κ1) is 17.1. The predicted molar refractivity (Wildman–Crippen MR) is 99.1 cm³/mol. The van der Waals surface area contributed by atoms with Crippen molar-refractivity contribution in [3.05, 3.63) is 58.3 Å². The van der Waals surface area contributed by atoms with Crippen LogP contribution in [0.2, 0.25) is 0 Å². The molecule has 3 rings (SSSR count). The largest absolute Gasteiger partial charge is 0.337 e. The third-order valence-corrected chi connectivity index (χ3v) is 5.23.